The van der Waals surface area contributed by atoms with E-state index < -0.39 is 10.0 Å². The highest BCUT2D eigenvalue weighted by molar-refractivity contribution is 7.89. The summed E-state index contributed by atoms with van der Waals surface area (Å²) in [7, 11) is -3.66. The average molecular weight is 369 g/mol. The molecule has 0 radical (unpaired) electrons. The van der Waals surface area contributed by atoms with Crippen LogP contribution in [0.1, 0.15) is 40.0 Å². The number of carbonyl (C=O) groups excluding carboxylic acids is 1. The molecule has 140 valence electrons. The third-order valence-electron chi connectivity index (χ3n) is 4.73. The van der Waals surface area contributed by atoms with Gasteiger partial charge in [-0.25, -0.2) is 8.42 Å². The number of hydrogen-bond acceptors (Lipinski definition) is 4. The number of amides is 1. The lowest BCUT2D eigenvalue weighted by Gasteiger charge is -2.33. The number of rotatable bonds is 6. The second kappa shape index (κ2) is 8.14. The summed E-state index contributed by atoms with van der Waals surface area (Å²) in [6.07, 6.45) is 4.30. The maximum atomic E-state index is 12.6. The van der Waals surface area contributed by atoms with E-state index in [1.165, 1.54) is 27.2 Å². The Morgan fingerprint density at radius 2 is 1.92 bits per heavy atom. The Balaban J connectivity index is 2.27. The number of piperidine rings is 1. The molecule has 0 aromatic carbocycles. The van der Waals surface area contributed by atoms with Gasteiger partial charge in [0.15, 0.2) is 0 Å². The first-order chi connectivity index (χ1) is 11.8. The average Bonchev–Trinajstić information content (AvgIpc) is 2.57. The zero-order valence-corrected chi connectivity index (χ0v) is 16.0. The van der Waals surface area contributed by atoms with Crippen LogP contribution in [0, 0.1) is 0 Å². The molecule has 0 saturated carbocycles. The zero-order valence-electron chi connectivity index (χ0n) is 15.1. The lowest BCUT2D eigenvalue weighted by atomic mass is 10.0. The van der Waals surface area contributed by atoms with Crippen molar-refractivity contribution in [2.24, 2.45) is 0 Å². The first-order valence-electron chi connectivity index (χ1n) is 8.81. The molecule has 1 saturated heterocycles. The van der Waals surface area contributed by atoms with Crippen LogP contribution in [0.15, 0.2) is 28.0 Å². The number of hydrogen-bond donors (Lipinski definition) is 0. The lowest BCUT2D eigenvalue weighted by Crippen LogP contribution is -2.44. The molecule has 0 spiro atoms. The largest absolute Gasteiger partial charge is 0.338 e. The first-order valence-corrected chi connectivity index (χ1v) is 10.2. The predicted octanol–water partition coefficient (Wildman–Crippen LogP) is 1.28. The van der Waals surface area contributed by atoms with Crippen molar-refractivity contribution in [1.29, 1.82) is 0 Å². The predicted molar refractivity (Wildman–Crippen MR) is 95.8 cm³/mol. The Morgan fingerprint density at radius 1 is 1.24 bits per heavy atom. The van der Waals surface area contributed by atoms with Gasteiger partial charge in [-0.1, -0.05) is 13.8 Å². The van der Waals surface area contributed by atoms with Gasteiger partial charge in [-0.2, -0.15) is 4.31 Å². The van der Waals surface area contributed by atoms with Crippen LogP contribution >= 0.6 is 0 Å². The number of carbonyl (C=O) groups is 1. The van der Waals surface area contributed by atoms with Crippen LogP contribution in [-0.4, -0.2) is 53.8 Å². The van der Waals surface area contributed by atoms with Crippen molar-refractivity contribution >= 4 is 15.9 Å². The lowest BCUT2D eigenvalue weighted by molar-refractivity contribution is -0.135. The van der Waals surface area contributed by atoms with E-state index in [2.05, 4.69) is 0 Å². The molecule has 2 rings (SSSR count). The standard InChI is InChI=1S/C17H27N3O4S/c1-4-19(5-2)25(23,24)15-9-10-16(21)18(12-15)13-17(22)20-11-7-6-8-14(20)3/h9-10,12,14H,4-8,11,13H2,1-3H3. The number of nitrogens with zero attached hydrogens (tertiary/aromatic N) is 3. The van der Waals surface area contributed by atoms with E-state index in [-0.39, 0.29) is 28.9 Å². The molecule has 1 amide bonds. The van der Waals surface area contributed by atoms with Gasteiger partial charge < -0.3 is 9.47 Å². The van der Waals surface area contributed by atoms with Gasteiger partial charge in [-0.05, 0) is 32.3 Å². The third-order valence-corrected chi connectivity index (χ3v) is 6.76. The van der Waals surface area contributed by atoms with Crippen molar-refractivity contribution in [1.82, 2.24) is 13.8 Å². The quantitative estimate of drug-likeness (QED) is 0.757. The molecule has 1 aliphatic rings. The summed E-state index contributed by atoms with van der Waals surface area (Å²) >= 11 is 0. The molecule has 2 heterocycles. The van der Waals surface area contributed by atoms with Crippen molar-refractivity contribution in [2.45, 2.75) is 57.5 Å². The maximum Gasteiger partial charge on any atom is 0.251 e. The molecule has 0 bridgehead atoms. The zero-order chi connectivity index (χ0) is 18.6. The highest BCUT2D eigenvalue weighted by Gasteiger charge is 2.25. The van der Waals surface area contributed by atoms with E-state index in [0.717, 1.165) is 19.3 Å². The minimum absolute atomic E-state index is 0.0373. The van der Waals surface area contributed by atoms with E-state index in [9.17, 15) is 18.0 Å². The van der Waals surface area contributed by atoms with Gasteiger partial charge in [0.2, 0.25) is 15.9 Å². The van der Waals surface area contributed by atoms with Gasteiger partial charge in [0.1, 0.15) is 6.54 Å². The molecule has 1 atom stereocenters. The van der Waals surface area contributed by atoms with Crippen molar-refractivity contribution in [2.75, 3.05) is 19.6 Å². The van der Waals surface area contributed by atoms with E-state index in [0.29, 0.717) is 19.6 Å². The van der Waals surface area contributed by atoms with Crippen LogP contribution in [0.25, 0.3) is 0 Å². The molecule has 1 aliphatic heterocycles. The number of aromatic nitrogens is 1. The molecule has 8 heteroatoms. The van der Waals surface area contributed by atoms with Crippen LogP contribution in [0.5, 0.6) is 0 Å². The molecule has 7 nitrogen and oxygen atoms in total. The smallest absolute Gasteiger partial charge is 0.251 e. The van der Waals surface area contributed by atoms with Gasteiger partial charge in [-0.3, -0.25) is 9.59 Å². The van der Waals surface area contributed by atoms with Gasteiger partial charge in [0.05, 0.1) is 4.90 Å². The second-order valence-electron chi connectivity index (χ2n) is 6.35. The first kappa shape index (κ1) is 19.7. The Morgan fingerprint density at radius 3 is 2.52 bits per heavy atom. The highest BCUT2D eigenvalue weighted by atomic mass is 32.2. The monoisotopic (exact) mass is 369 g/mol. The van der Waals surface area contributed by atoms with E-state index in [1.54, 1.807) is 18.7 Å². The Bertz CT molecular complexity index is 768. The van der Waals surface area contributed by atoms with Gasteiger partial charge >= 0.3 is 0 Å². The molecule has 1 unspecified atom stereocenters. The topological polar surface area (TPSA) is 79.7 Å². The Labute approximate surface area is 149 Å². The summed E-state index contributed by atoms with van der Waals surface area (Å²) in [6.45, 7) is 6.78. The second-order valence-corrected chi connectivity index (χ2v) is 8.29. The molecule has 1 aromatic heterocycles. The minimum atomic E-state index is -3.66. The summed E-state index contributed by atoms with van der Waals surface area (Å²) in [5, 5.41) is 0. The Kier molecular flexibility index (Phi) is 6.40. The molecule has 1 fully saturated rings. The fourth-order valence-electron chi connectivity index (χ4n) is 3.20. The normalized spacial score (nSPS) is 18.6. The van der Waals surface area contributed by atoms with Crippen LogP contribution in [0.4, 0.5) is 0 Å². The van der Waals surface area contributed by atoms with Crippen LogP contribution < -0.4 is 5.56 Å². The molecular weight excluding hydrogens is 342 g/mol. The number of sulfonamides is 1. The third kappa shape index (κ3) is 4.30. The van der Waals surface area contributed by atoms with Crippen molar-refractivity contribution in [3.05, 3.63) is 28.7 Å². The Hall–Kier alpha value is -1.67. The van der Waals surface area contributed by atoms with E-state index in [4.69, 9.17) is 0 Å². The van der Waals surface area contributed by atoms with Crippen molar-refractivity contribution in [3.8, 4) is 0 Å². The minimum Gasteiger partial charge on any atom is -0.338 e. The molecule has 25 heavy (non-hydrogen) atoms. The van der Waals surface area contributed by atoms with Crippen LogP contribution in [0.3, 0.4) is 0 Å². The van der Waals surface area contributed by atoms with Gasteiger partial charge in [-0.15, -0.1) is 0 Å². The highest BCUT2D eigenvalue weighted by Crippen LogP contribution is 2.17. The molecule has 1 aromatic rings. The summed E-state index contributed by atoms with van der Waals surface area (Å²) in [6, 6.07) is 2.67. The number of likely N-dealkylation sites (tertiary alicyclic amines) is 1. The fraction of sp³-hybridized carbons (Fsp3) is 0.647. The summed E-state index contributed by atoms with van der Waals surface area (Å²) in [4.78, 5) is 26.5. The SMILES string of the molecule is CCN(CC)S(=O)(=O)c1ccc(=O)n(CC(=O)N2CCCCC2C)c1. The fourth-order valence-corrected chi connectivity index (χ4v) is 4.68. The van der Waals surface area contributed by atoms with Crippen LogP contribution in [0.2, 0.25) is 0 Å². The summed E-state index contributed by atoms with van der Waals surface area (Å²) in [5.41, 5.74) is -0.378. The van der Waals surface area contributed by atoms with E-state index in [1.807, 2.05) is 6.92 Å². The van der Waals surface area contributed by atoms with Gasteiger partial charge in [0, 0.05) is 37.9 Å². The van der Waals surface area contributed by atoms with Crippen LogP contribution in [-0.2, 0) is 21.4 Å². The van der Waals surface area contributed by atoms with Gasteiger partial charge in [0.25, 0.3) is 5.56 Å². The van der Waals surface area contributed by atoms with E-state index >= 15 is 0 Å². The molecular formula is C17H27N3O4S. The maximum absolute atomic E-state index is 12.6. The summed E-state index contributed by atoms with van der Waals surface area (Å²) < 4.78 is 27.7. The van der Waals surface area contributed by atoms with Crippen molar-refractivity contribution < 1.29 is 13.2 Å². The summed E-state index contributed by atoms with van der Waals surface area (Å²) in [5.74, 6) is -0.147. The number of pyridine rings is 1. The van der Waals surface area contributed by atoms with Crippen molar-refractivity contribution in [3.63, 3.8) is 0 Å². The molecule has 0 aliphatic carbocycles. The molecule has 0 N–H and O–H groups in total.